The average molecular weight is 750 g/mol. The summed E-state index contributed by atoms with van der Waals surface area (Å²) in [5, 5.41) is 19.9. The van der Waals surface area contributed by atoms with E-state index in [-0.39, 0.29) is 49.7 Å². The summed E-state index contributed by atoms with van der Waals surface area (Å²) in [6.07, 6.45) is -5.66. The number of hydrazine groups is 1. The van der Waals surface area contributed by atoms with Crippen molar-refractivity contribution in [3.8, 4) is 11.7 Å². The molecule has 3 aromatic rings. The van der Waals surface area contributed by atoms with Crippen molar-refractivity contribution in [1.82, 2.24) is 35.4 Å². The first kappa shape index (κ1) is 37.5. The van der Waals surface area contributed by atoms with Gasteiger partial charge in [0.2, 0.25) is 17.7 Å². The average Bonchev–Trinajstić information content (AvgIpc) is 3.51. The van der Waals surface area contributed by atoms with Gasteiger partial charge in [-0.05, 0) is 37.0 Å². The van der Waals surface area contributed by atoms with E-state index in [0.29, 0.717) is 16.3 Å². The van der Waals surface area contributed by atoms with Crippen LogP contribution < -0.4 is 15.4 Å². The number of amides is 4. The molecule has 16 nitrogen and oxygen atoms in total. The number of ketones is 1. The number of hydrogen-bond donors (Lipinski definition) is 3. The van der Waals surface area contributed by atoms with Crippen LogP contribution in [0.15, 0.2) is 54.7 Å². The van der Waals surface area contributed by atoms with E-state index < -0.39 is 84.5 Å². The molecule has 52 heavy (non-hydrogen) atoms. The number of nitrogens with zero attached hydrogens (tertiary/aromatic N) is 5. The van der Waals surface area contributed by atoms with Gasteiger partial charge in [-0.2, -0.15) is 23.0 Å². The standard InChI is InChI=1S/C32H31ClF3N7O9/c33-19-8-10-25(37-15-19)42-27(14-24(40-42)32(34,35)36)51-17-23(44)21(13-28(46)47)38-29(48)22-7-4-12-41-26(45)11-9-20(30(49)43(22)41)39-31(50)52-16-18-5-2-1-3-6-18/h1-3,5-6,8,10,14-15,20-22H,4,7,9,11-13,16-17H2,(H,38,48)(H,39,50)(H,46,47)/t20?,21-,22?/m0/s1. The van der Waals surface area contributed by atoms with Crippen molar-refractivity contribution in [1.29, 1.82) is 0 Å². The third-order valence-electron chi connectivity index (χ3n) is 8.01. The number of aromatic nitrogens is 3. The number of pyridine rings is 1. The smallest absolute Gasteiger partial charge is 0.435 e. The maximum Gasteiger partial charge on any atom is 0.435 e. The van der Waals surface area contributed by atoms with Gasteiger partial charge in [0.15, 0.2) is 23.9 Å². The van der Waals surface area contributed by atoms with Gasteiger partial charge in [0, 0.05) is 25.2 Å². The quantitative estimate of drug-likeness (QED) is 0.246. The molecule has 2 unspecified atom stereocenters. The minimum absolute atomic E-state index is 0.00447. The molecule has 5 rings (SSSR count). The molecule has 0 spiro atoms. The Kier molecular flexibility index (Phi) is 11.6. The Hall–Kier alpha value is -5.72. The van der Waals surface area contributed by atoms with Crippen molar-refractivity contribution in [3.63, 3.8) is 0 Å². The first-order valence-corrected chi connectivity index (χ1v) is 16.2. The first-order valence-electron chi connectivity index (χ1n) is 15.8. The van der Waals surface area contributed by atoms with Crippen molar-refractivity contribution < 1.29 is 56.5 Å². The highest BCUT2D eigenvalue weighted by molar-refractivity contribution is 6.30. The summed E-state index contributed by atoms with van der Waals surface area (Å²) in [6.45, 7) is -1.04. The van der Waals surface area contributed by atoms with Crippen LogP contribution in [0.5, 0.6) is 5.88 Å². The number of benzene rings is 1. The van der Waals surface area contributed by atoms with Crippen LogP contribution in [0.25, 0.3) is 5.82 Å². The van der Waals surface area contributed by atoms with Gasteiger partial charge in [-0.15, -0.1) is 0 Å². The number of aliphatic carboxylic acids is 1. The molecule has 3 atom stereocenters. The Morgan fingerprint density at radius 3 is 2.50 bits per heavy atom. The Bertz CT molecular complexity index is 1830. The number of carboxylic acid groups (broad SMARTS) is 1. The minimum Gasteiger partial charge on any atom is -0.481 e. The molecule has 0 aliphatic carbocycles. The second kappa shape index (κ2) is 16.1. The fourth-order valence-corrected chi connectivity index (χ4v) is 5.62. The van der Waals surface area contributed by atoms with Crippen LogP contribution in [0.1, 0.15) is 43.4 Å². The van der Waals surface area contributed by atoms with Crippen LogP contribution in [0.2, 0.25) is 5.02 Å². The van der Waals surface area contributed by atoms with E-state index in [0.717, 1.165) is 16.2 Å². The number of alkyl carbamates (subject to hydrolysis) is 1. The lowest BCUT2D eigenvalue weighted by molar-refractivity contribution is -0.176. The van der Waals surface area contributed by atoms with E-state index in [2.05, 4.69) is 20.7 Å². The molecular formula is C32H31ClF3N7O9. The topological polar surface area (TPSA) is 202 Å². The highest BCUT2D eigenvalue weighted by atomic mass is 35.5. The lowest BCUT2D eigenvalue weighted by Crippen LogP contribution is -2.64. The van der Waals surface area contributed by atoms with Crippen molar-refractivity contribution in [2.75, 3.05) is 13.2 Å². The van der Waals surface area contributed by atoms with Gasteiger partial charge in [-0.3, -0.25) is 29.0 Å². The number of Topliss-reactive ketones (excluding diaryl/α,β-unsaturated/α-hetero) is 1. The van der Waals surface area contributed by atoms with Crippen LogP contribution in [-0.2, 0) is 41.5 Å². The molecule has 1 aromatic carbocycles. The predicted octanol–water partition coefficient (Wildman–Crippen LogP) is 2.67. The predicted molar refractivity (Wildman–Crippen MR) is 170 cm³/mol. The summed E-state index contributed by atoms with van der Waals surface area (Å²) in [6, 6.07) is 7.38. The molecule has 4 amide bonds. The van der Waals surface area contributed by atoms with Crippen molar-refractivity contribution >= 4 is 47.2 Å². The van der Waals surface area contributed by atoms with Gasteiger partial charge in [-0.1, -0.05) is 41.9 Å². The summed E-state index contributed by atoms with van der Waals surface area (Å²) in [5.41, 5.74) is -0.692. The first-order chi connectivity index (χ1) is 24.7. The Balaban J connectivity index is 1.29. The Morgan fingerprint density at radius 2 is 1.83 bits per heavy atom. The molecule has 2 aliphatic rings. The number of carbonyl (C=O) groups is 6. The molecule has 0 saturated carbocycles. The number of rotatable bonds is 12. The van der Waals surface area contributed by atoms with E-state index >= 15 is 0 Å². The number of halogens is 4. The van der Waals surface area contributed by atoms with E-state index in [1.807, 2.05) is 0 Å². The summed E-state index contributed by atoms with van der Waals surface area (Å²) < 4.78 is 51.7. The van der Waals surface area contributed by atoms with Gasteiger partial charge in [0.05, 0.1) is 11.4 Å². The lowest BCUT2D eigenvalue weighted by atomic mass is 10.0. The number of carboxylic acids is 1. The molecular weight excluding hydrogens is 719 g/mol. The Morgan fingerprint density at radius 1 is 1.08 bits per heavy atom. The summed E-state index contributed by atoms with van der Waals surface area (Å²) in [4.78, 5) is 81.9. The van der Waals surface area contributed by atoms with E-state index in [1.165, 1.54) is 12.1 Å². The zero-order chi connectivity index (χ0) is 37.6. The monoisotopic (exact) mass is 749 g/mol. The van der Waals surface area contributed by atoms with Crippen LogP contribution in [0.4, 0.5) is 18.0 Å². The maximum atomic E-state index is 13.7. The Labute approximate surface area is 297 Å². The summed E-state index contributed by atoms with van der Waals surface area (Å²) in [7, 11) is 0. The largest absolute Gasteiger partial charge is 0.481 e. The van der Waals surface area contributed by atoms with E-state index in [9.17, 15) is 47.0 Å². The van der Waals surface area contributed by atoms with Crippen LogP contribution in [0.3, 0.4) is 0 Å². The molecule has 2 aromatic heterocycles. The van der Waals surface area contributed by atoms with Gasteiger partial charge >= 0.3 is 18.2 Å². The summed E-state index contributed by atoms with van der Waals surface area (Å²) in [5.74, 6) is -5.60. The van der Waals surface area contributed by atoms with Gasteiger partial charge in [-0.25, -0.2) is 14.8 Å². The highest BCUT2D eigenvalue weighted by Gasteiger charge is 2.45. The molecule has 276 valence electrons. The zero-order valence-corrected chi connectivity index (χ0v) is 27.8. The zero-order valence-electron chi connectivity index (χ0n) is 27.0. The number of alkyl halides is 3. The molecule has 2 fully saturated rings. The third kappa shape index (κ3) is 9.14. The number of fused-ring (bicyclic) bond motifs is 1. The summed E-state index contributed by atoms with van der Waals surface area (Å²) >= 11 is 5.82. The van der Waals surface area contributed by atoms with E-state index in [4.69, 9.17) is 21.1 Å². The second-order valence-electron chi connectivity index (χ2n) is 11.7. The molecule has 20 heteroatoms. The molecule has 4 heterocycles. The van der Waals surface area contributed by atoms with Gasteiger partial charge < -0.3 is 25.2 Å². The van der Waals surface area contributed by atoms with Gasteiger partial charge in [0.25, 0.3) is 5.91 Å². The van der Waals surface area contributed by atoms with Crippen molar-refractivity contribution in [3.05, 3.63) is 71.0 Å². The second-order valence-corrected chi connectivity index (χ2v) is 12.1. The number of carbonyl (C=O) groups excluding carboxylic acids is 5. The third-order valence-corrected chi connectivity index (χ3v) is 8.23. The molecule has 2 aliphatic heterocycles. The van der Waals surface area contributed by atoms with Crippen LogP contribution >= 0.6 is 11.6 Å². The minimum atomic E-state index is -4.91. The van der Waals surface area contributed by atoms with Crippen LogP contribution in [0, 0.1) is 0 Å². The fourth-order valence-electron chi connectivity index (χ4n) is 5.51. The number of nitrogens with one attached hydrogen (secondary N) is 2. The molecule has 0 radical (unpaired) electrons. The fraction of sp³-hybridized carbons (Fsp3) is 0.375. The lowest BCUT2D eigenvalue weighted by Gasteiger charge is -2.43. The number of hydrogen-bond acceptors (Lipinski definition) is 10. The van der Waals surface area contributed by atoms with Crippen molar-refractivity contribution in [2.45, 2.75) is 63.0 Å². The van der Waals surface area contributed by atoms with E-state index in [1.54, 1.807) is 30.3 Å². The molecule has 3 N–H and O–H groups in total. The molecule has 0 bridgehead atoms. The highest BCUT2D eigenvalue weighted by Crippen LogP contribution is 2.32. The number of ether oxygens (including phenoxy) is 2. The SMILES string of the molecule is O=C(O)C[C@H](NC(=O)C1CCCN2C(=O)CCC(NC(=O)OCc3ccccc3)C(=O)N12)C(=O)COc1cc(C(F)(F)F)nn1-c1ccc(Cl)cn1. The van der Waals surface area contributed by atoms with Crippen molar-refractivity contribution in [2.24, 2.45) is 0 Å². The molecule has 2 saturated heterocycles. The normalized spacial score (nSPS) is 18.2. The van der Waals surface area contributed by atoms with Crippen LogP contribution in [-0.4, -0.2) is 96.7 Å². The van der Waals surface area contributed by atoms with Gasteiger partial charge in [0.1, 0.15) is 24.7 Å². The maximum absolute atomic E-state index is 13.7.